The first-order chi connectivity index (χ1) is 8.43. The fourth-order valence-electron chi connectivity index (χ4n) is 1.70. The summed E-state index contributed by atoms with van der Waals surface area (Å²) in [5.74, 6) is 0. The van der Waals surface area contributed by atoms with Crippen LogP contribution in [0.4, 0.5) is 0 Å². The Kier molecular flexibility index (Phi) is 2.43. The summed E-state index contributed by atoms with van der Waals surface area (Å²) >= 11 is 0. The first-order valence-corrected chi connectivity index (χ1v) is 5.38. The Hall–Kier alpha value is -2.42. The normalized spacial score (nSPS) is 10.4. The van der Waals surface area contributed by atoms with Gasteiger partial charge in [0.05, 0.1) is 11.4 Å². The molecule has 2 aromatic heterocycles. The van der Waals surface area contributed by atoms with Crippen molar-refractivity contribution in [2.24, 2.45) is 0 Å². The molecule has 1 aromatic carbocycles. The highest BCUT2D eigenvalue weighted by Gasteiger charge is 2.03. The van der Waals surface area contributed by atoms with E-state index in [-0.39, 0.29) is 0 Å². The van der Waals surface area contributed by atoms with Gasteiger partial charge in [-0.3, -0.25) is 0 Å². The van der Waals surface area contributed by atoms with Crippen LogP contribution in [0.1, 0.15) is 0 Å². The average molecular weight is 220 g/mol. The van der Waals surface area contributed by atoms with Crippen molar-refractivity contribution in [3.05, 3.63) is 61.1 Å². The number of hydrogen-bond donors (Lipinski definition) is 1. The van der Waals surface area contributed by atoms with Crippen LogP contribution < -0.4 is 0 Å². The Balaban J connectivity index is 2.06. The van der Waals surface area contributed by atoms with Crippen molar-refractivity contribution in [1.29, 1.82) is 0 Å². The second kappa shape index (κ2) is 4.22. The lowest BCUT2D eigenvalue weighted by molar-refractivity contribution is 1.26. The van der Waals surface area contributed by atoms with Gasteiger partial charge in [-0.1, -0.05) is 36.4 Å². The molecule has 0 bridgehead atoms. The molecular formula is C14H10N3. The van der Waals surface area contributed by atoms with Crippen molar-refractivity contribution in [2.45, 2.75) is 0 Å². The number of H-pyrrole nitrogens is 1. The van der Waals surface area contributed by atoms with E-state index in [0.29, 0.717) is 0 Å². The molecule has 3 rings (SSSR count). The van der Waals surface area contributed by atoms with Gasteiger partial charge in [0.25, 0.3) is 0 Å². The lowest BCUT2D eigenvalue weighted by Crippen LogP contribution is -1.87. The van der Waals surface area contributed by atoms with Gasteiger partial charge in [-0.05, 0) is 12.1 Å². The molecule has 0 atom stereocenters. The molecule has 0 fully saturated rings. The molecule has 1 radical (unpaired) electrons. The molecule has 2 heterocycles. The van der Waals surface area contributed by atoms with E-state index >= 15 is 0 Å². The van der Waals surface area contributed by atoms with Gasteiger partial charge in [0.15, 0.2) is 6.33 Å². The number of benzene rings is 1. The van der Waals surface area contributed by atoms with Gasteiger partial charge in [-0.2, -0.15) is 0 Å². The number of nitrogens with zero attached hydrogens (tertiary/aromatic N) is 2. The Morgan fingerprint density at radius 1 is 0.824 bits per heavy atom. The molecule has 0 spiro atoms. The summed E-state index contributed by atoms with van der Waals surface area (Å²) in [5.41, 5.74) is 3.71. The predicted molar refractivity (Wildman–Crippen MR) is 66.1 cm³/mol. The molecular weight excluding hydrogens is 210 g/mol. The van der Waals surface area contributed by atoms with Gasteiger partial charge in [0, 0.05) is 11.8 Å². The number of rotatable bonds is 2. The van der Waals surface area contributed by atoms with E-state index in [0.717, 1.165) is 22.6 Å². The minimum Gasteiger partial charge on any atom is -0.341 e. The van der Waals surface area contributed by atoms with Crippen molar-refractivity contribution >= 4 is 0 Å². The summed E-state index contributed by atoms with van der Waals surface area (Å²) in [4.78, 5) is 11.5. The van der Waals surface area contributed by atoms with Crippen LogP contribution in [-0.2, 0) is 0 Å². The van der Waals surface area contributed by atoms with Crippen LogP contribution in [0.3, 0.4) is 0 Å². The van der Waals surface area contributed by atoms with Crippen molar-refractivity contribution in [3.8, 4) is 22.6 Å². The number of aromatic amines is 1. The van der Waals surface area contributed by atoms with Crippen molar-refractivity contribution in [2.75, 3.05) is 0 Å². The summed E-state index contributed by atoms with van der Waals surface area (Å²) in [7, 11) is 0. The third-order valence-electron chi connectivity index (χ3n) is 2.53. The van der Waals surface area contributed by atoms with E-state index in [9.17, 15) is 0 Å². The Morgan fingerprint density at radius 2 is 1.65 bits per heavy atom. The van der Waals surface area contributed by atoms with Gasteiger partial charge < -0.3 is 4.98 Å². The summed E-state index contributed by atoms with van der Waals surface area (Å²) in [5, 5.41) is 0. The number of aromatic nitrogens is 3. The lowest BCUT2D eigenvalue weighted by atomic mass is 10.1. The average Bonchev–Trinajstić information content (AvgIpc) is 2.94. The molecule has 3 nitrogen and oxygen atoms in total. The van der Waals surface area contributed by atoms with Crippen LogP contribution in [0, 0.1) is 6.33 Å². The van der Waals surface area contributed by atoms with Crippen molar-refractivity contribution < 1.29 is 0 Å². The molecule has 17 heavy (non-hydrogen) atoms. The van der Waals surface area contributed by atoms with E-state index in [1.165, 1.54) is 0 Å². The fourth-order valence-corrected chi connectivity index (χ4v) is 1.70. The molecule has 0 aliphatic rings. The Morgan fingerprint density at radius 3 is 2.41 bits per heavy atom. The van der Waals surface area contributed by atoms with E-state index in [2.05, 4.69) is 21.3 Å². The van der Waals surface area contributed by atoms with Crippen molar-refractivity contribution in [1.82, 2.24) is 15.0 Å². The maximum Gasteiger partial charge on any atom is 0.174 e. The second-order valence-electron chi connectivity index (χ2n) is 3.67. The van der Waals surface area contributed by atoms with Crippen LogP contribution in [0.2, 0.25) is 0 Å². The zero-order chi connectivity index (χ0) is 11.5. The largest absolute Gasteiger partial charge is 0.341 e. The van der Waals surface area contributed by atoms with Crippen molar-refractivity contribution in [3.63, 3.8) is 0 Å². The number of imidazole rings is 1. The molecule has 81 valence electrons. The maximum absolute atomic E-state index is 4.58. The molecule has 0 saturated heterocycles. The minimum absolute atomic E-state index is 0.808. The molecule has 3 heteroatoms. The molecule has 0 amide bonds. The van der Waals surface area contributed by atoms with Gasteiger partial charge in [0.2, 0.25) is 0 Å². The fraction of sp³-hybridized carbons (Fsp3) is 0. The van der Waals surface area contributed by atoms with E-state index in [1.54, 1.807) is 6.20 Å². The highest BCUT2D eigenvalue weighted by Crippen LogP contribution is 2.20. The van der Waals surface area contributed by atoms with Gasteiger partial charge in [-0.15, -0.1) is 0 Å². The topological polar surface area (TPSA) is 41.6 Å². The summed E-state index contributed by atoms with van der Waals surface area (Å²) < 4.78 is 0. The number of hydrogen-bond acceptors (Lipinski definition) is 2. The second-order valence-corrected chi connectivity index (χ2v) is 3.67. The SMILES string of the molecule is [c]1nc(-c2cccc(-c3ccccc3)n2)c[nH]1. The lowest BCUT2D eigenvalue weighted by Gasteiger charge is -2.02. The van der Waals surface area contributed by atoms with Crippen LogP contribution >= 0.6 is 0 Å². The van der Waals surface area contributed by atoms with Crippen LogP contribution in [0.25, 0.3) is 22.6 Å². The first-order valence-electron chi connectivity index (χ1n) is 5.38. The Labute approximate surface area is 99.2 Å². The van der Waals surface area contributed by atoms with Gasteiger partial charge in [0.1, 0.15) is 5.69 Å². The molecule has 3 aromatic rings. The third kappa shape index (κ3) is 1.95. The molecule has 0 unspecified atom stereocenters. The molecule has 1 N–H and O–H groups in total. The zero-order valence-electron chi connectivity index (χ0n) is 9.09. The zero-order valence-corrected chi connectivity index (χ0v) is 9.09. The molecule has 0 saturated carbocycles. The van der Waals surface area contributed by atoms with Gasteiger partial charge >= 0.3 is 0 Å². The van der Waals surface area contributed by atoms with Crippen LogP contribution in [0.5, 0.6) is 0 Å². The predicted octanol–water partition coefficient (Wildman–Crippen LogP) is 2.94. The van der Waals surface area contributed by atoms with E-state index in [4.69, 9.17) is 0 Å². The monoisotopic (exact) mass is 220 g/mol. The maximum atomic E-state index is 4.58. The number of nitrogens with one attached hydrogen (secondary N) is 1. The first kappa shape index (κ1) is 9.78. The molecule has 0 aliphatic heterocycles. The third-order valence-corrected chi connectivity index (χ3v) is 2.53. The highest BCUT2D eigenvalue weighted by molar-refractivity contribution is 5.63. The standard InChI is InChI=1S/C14H10N3/c1-2-5-11(6-3-1)12-7-4-8-13(17-12)14-9-15-10-16-14/h1-9H,(H,15,16). The van der Waals surface area contributed by atoms with Crippen LogP contribution in [-0.4, -0.2) is 15.0 Å². The smallest absolute Gasteiger partial charge is 0.174 e. The number of pyridine rings is 1. The van der Waals surface area contributed by atoms with Gasteiger partial charge in [-0.25, -0.2) is 9.97 Å². The van der Waals surface area contributed by atoms with E-state index < -0.39 is 0 Å². The Bertz CT molecular complexity index is 600. The highest BCUT2D eigenvalue weighted by atomic mass is 14.9. The quantitative estimate of drug-likeness (QED) is 0.721. The summed E-state index contributed by atoms with van der Waals surface area (Å²) in [6, 6.07) is 16.0. The van der Waals surface area contributed by atoms with E-state index in [1.807, 2.05) is 48.5 Å². The van der Waals surface area contributed by atoms with Crippen LogP contribution in [0.15, 0.2) is 54.7 Å². The minimum atomic E-state index is 0.808. The molecule has 0 aliphatic carbocycles. The summed E-state index contributed by atoms with van der Waals surface area (Å²) in [6.45, 7) is 0. The summed E-state index contributed by atoms with van der Waals surface area (Å²) in [6.07, 6.45) is 4.46.